The van der Waals surface area contributed by atoms with Crippen molar-refractivity contribution in [3.05, 3.63) is 109 Å². The molecule has 0 amide bonds. The normalized spacial score (nSPS) is 15.7. The van der Waals surface area contributed by atoms with Gasteiger partial charge in [-0.25, -0.2) is 0 Å². The van der Waals surface area contributed by atoms with Crippen molar-refractivity contribution in [3.8, 4) is 34.5 Å². The van der Waals surface area contributed by atoms with E-state index in [1.807, 2.05) is 30.3 Å². The Morgan fingerprint density at radius 3 is 1.46 bits per heavy atom. The van der Waals surface area contributed by atoms with Crippen molar-refractivity contribution in [3.63, 3.8) is 0 Å². The highest BCUT2D eigenvalue weighted by atomic mass is 79.9. The summed E-state index contributed by atoms with van der Waals surface area (Å²) in [5.41, 5.74) is 3.23. The summed E-state index contributed by atoms with van der Waals surface area (Å²) in [6.07, 6.45) is 9.09. The second-order valence-corrected chi connectivity index (χ2v) is 9.61. The van der Waals surface area contributed by atoms with Gasteiger partial charge in [0.05, 0.1) is 19.8 Å². The smallest absolute Gasteiger partial charge is 0.169 e. The van der Waals surface area contributed by atoms with Gasteiger partial charge in [-0.3, -0.25) is 4.90 Å². The van der Waals surface area contributed by atoms with Crippen molar-refractivity contribution < 1.29 is 38.3 Å². The molecule has 214 valence electrons. The molecule has 3 aromatic carbocycles. The van der Waals surface area contributed by atoms with Gasteiger partial charge in [-0.2, -0.15) is 0 Å². The predicted octanol–water partition coefficient (Wildman–Crippen LogP) is 6.01. The molecule has 7 rings (SSSR count). The maximum Gasteiger partial charge on any atom is 0.169 e. The lowest BCUT2D eigenvalue weighted by molar-refractivity contribution is 0.0341. The van der Waals surface area contributed by atoms with E-state index in [2.05, 4.69) is 26.9 Å². The molecule has 0 bridgehead atoms. The number of halogens is 1. The zero-order valence-electron chi connectivity index (χ0n) is 22.2. The summed E-state index contributed by atoms with van der Waals surface area (Å²) in [4.78, 5) is 2.38. The number of hydrogen-bond donors (Lipinski definition) is 1. The highest BCUT2D eigenvalue weighted by Crippen LogP contribution is 2.33. The van der Waals surface area contributed by atoms with E-state index in [0.29, 0.717) is 11.5 Å². The molecular weight excluding hydrogens is 594 g/mol. The molecule has 0 saturated carbocycles. The van der Waals surface area contributed by atoms with Crippen LogP contribution >= 0.6 is 15.9 Å². The van der Waals surface area contributed by atoms with Crippen molar-refractivity contribution in [2.75, 3.05) is 26.3 Å². The lowest BCUT2D eigenvalue weighted by Crippen LogP contribution is -2.35. The van der Waals surface area contributed by atoms with Crippen molar-refractivity contribution in [1.29, 1.82) is 0 Å². The number of nitrogens with zero attached hydrogens (tertiary/aromatic N) is 1. The lowest BCUT2D eigenvalue weighted by atomic mass is 10.2. The molecule has 10 heteroatoms. The average molecular weight is 624 g/mol. The van der Waals surface area contributed by atoms with Crippen LogP contribution < -0.4 is 28.4 Å². The zero-order valence-corrected chi connectivity index (χ0v) is 23.8. The van der Waals surface area contributed by atoms with Gasteiger partial charge in [0.1, 0.15) is 37.6 Å². The largest absolute Gasteiger partial charge is 0.458 e. The molecule has 9 nitrogen and oxygen atoms in total. The molecule has 1 fully saturated rings. The van der Waals surface area contributed by atoms with Crippen molar-refractivity contribution in [2.45, 2.75) is 18.5 Å². The summed E-state index contributed by atoms with van der Waals surface area (Å²) in [6.45, 7) is 4.59. The number of hydrogen-bond acceptors (Lipinski definition) is 9. The maximum absolute atomic E-state index is 8.82. The first kappa shape index (κ1) is 28.6. The second kappa shape index (κ2) is 14.6. The van der Waals surface area contributed by atoms with Crippen LogP contribution in [0.15, 0.2) is 92.2 Å². The van der Waals surface area contributed by atoms with Crippen molar-refractivity contribution >= 4 is 15.9 Å². The van der Waals surface area contributed by atoms with E-state index in [4.69, 9.17) is 38.3 Å². The van der Waals surface area contributed by atoms with Crippen LogP contribution in [0.4, 0.5) is 0 Å². The van der Waals surface area contributed by atoms with Gasteiger partial charge in [-0.05, 0) is 53.1 Å². The fourth-order valence-corrected chi connectivity index (χ4v) is 4.48. The van der Waals surface area contributed by atoms with Crippen LogP contribution in [0.3, 0.4) is 0 Å². The van der Waals surface area contributed by atoms with Crippen molar-refractivity contribution in [2.24, 2.45) is 0 Å². The molecule has 1 saturated heterocycles. The molecule has 0 aromatic heterocycles. The van der Waals surface area contributed by atoms with E-state index in [0.717, 1.165) is 66.7 Å². The standard InChI is InChI=1S/C13H15NO3.C9H7BrO2.C9H8O3/c1-2-12-13(17-8-7-16-12)9-11(1)10-14-3-5-15-6-4-14;2*10-6-7-1-2-8-9(5-7)12-4-3-11-8/h1-2,7-9H,3-6,10H2;1-5H,6H2;1-5,10H,6H2. The number of aliphatic hydroxyl groups excluding tert-OH is 1. The third-order valence-corrected chi connectivity index (χ3v) is 6.86. The quantitative estimate of drug-likeness (QED) is 0.351. The monoisotopic (exact) mass is 623 g/mol. The fourth-order valence-electron chi connectivity index (χ4n) is 4.13. The minimum atomic E-state index is 0.0142. The second-order valence-electron chi connectivity index (χ2n) is 9.05. The molecule has 4 aliphatic rings. The Balaban J connectivity index is 0.000000127. The van der Waals surface area contributed by atoms with E-state index >= 15 is 0 Å². The third-order valence-electron chi connectivity index (χ3n) is 6.21. The minimum Gasteiger partial charge on any atom is -0.458 e. The summed E-state index contributed by atoms with van der Waals surface area (Å²) in [5.74, 6) is 4.42. The molecule has 0 unspecified atom stereocenters. The third kappa shape index (κ3) is 8.05. The molecule has 4 aliphatic heterocycles. The van der Waals surface area contributed by atoms with E-state index in [9.17, 15) is 0 Å². The number of fused-ring (bicyclic) bond motifs is 3. The topological polar surface area (TPSA) is 88.1 Å². The number of alkyl halides is 1. The van der Waals surface area contributed by atoms with Crippen LogP contribution in [0.25, 0.3) is 0 Å². The molecule has 0 radical (unpaired) electrons. The van der Waals surface area contributed by atoms with Gasteiger partial charge in [0.25, 0.3) is 0 Å². The lowest BCUT2D eigenvalue weighted by Gasteiger charge is -2.26. The molecular formula is C31H30BrNO8. The predicted molar refractivity (Wildman–Crippen MR) is 155 cm³/mol. The van der Waals surface area contributed by atoms with E-state index in [-0.39, 0.29) is 6.61 Å². The molecule has 41 heavy (non-hydrogen) atoms. The van der Waals surface area contributed by atoms with Gasteiger partial charge in [0.15, 0.2) is 34.5 Å². The van der Waals surface area contributed by atoms with Gasteiger partial charge < -0.3 is 38.3 Å². The van der Waals surface area contributed by atoms with E-state index < -0.39 is 0 Å². The molecule has 0 aliphatic carbocycles. The number of rotatable bonds is 4. The summed E-state index contributed by atoms with van der Waals surface area (Å²) < 4.78 is 36.8. The average Bonchev–Trinajstić information content (AvgIpc) is 3.05. The first-order valence-electron chi connectivity index (χ1n) is 13.0. The molecule has 0 spiro atoms. The zero-order chi connectivity index (χ0) is 28.3. The Labute approximate surface area is 246 Å². The van der Waals surface area contributed by atoms with Gasteiger partial charge in [0.2, 0.25) is 0 Å². The highest BCUT2D eigenvalue weighted by Gasteiger charge is 2.14. The van der Waals surface area contributed by atoms with Gasteiger partial charge in [-0.1, -0.05) is 34.1 Å². The Bertz CT molecular complexity index is 1340. The summed E-state index contributed by atoms with van der Waals surface area (Å²) in [7, 11) is 0. The summed E-state index contributed by atoms with van der Waals surface area (Å²) in [5, 5.41) is 9.65. The van der Waals surface area contributed by atoms with Crippen LogP contribution in [0.2, 0.25) is 0 Å². The molecule has 4 heterocycles. The number of morpholine rings is 1. The summed E-state index contributed by atoms with van der Waals surface area (Å²) in [6, 6.07) is 17.2. The Hall–Kier alpha value is -3.96. The van der Waals surface area contributed by atoms with Crippen LogP contribution in [-0.2, 0) is 23.2 Å². The Kier molecular flexibility index (Phi) is 10.2. The number of benzene rings is 3. The molecule has 0 atom stereocenters. The molecule has 3 aromatic rings. The van der Waals surface area contributed by atoms with Crippen LogP contribution in [0, 0.1) is 0 Å². The highest BCUT2D eigenvalue weighted by molar-refractivity contribution is 9.08. The van der Waals surface area contributed by atoms with Gasteiger partial charge in [-0.15, -0.1) is 0 Å². The maximum atomic E-state index is 8.82. The van der Waals surface area contributed by atoms with Crippen LogP contribution in [0.1, 0.15) is 16.7 Å². The fraction of sp³-hybridized carbons (Fsp3) is 0.226. The van der Waals surface area contributed by atoms with Gasteiger partial charge in [0, 0.05) is 25.0 Å². The van der Waals surface area contributed by atoms with Crippen LogP contribution in [0.5, 0.6) is 34.5 Å². The SMILES string of the molecule is BrCc1ccc2c(c1)OC=CO2.C1=COc2cc(CN3CCOCC3)ccc2O1.OCc1ccc2c(c1)OC=CO2. The van der Waals surface area contributed by atoms with E-state index in [1.54, 1.807) is 30.7 Å². The number of ether oxygens (including phenoxy) is 7. The first-order chi connectivity index (χ1) is 20.2. The van der Waals surface area contributed by atoms with E-state index in [1.165, 1.54) is 36.2 Å². The van der Waals surface area contributed by atoms with Gasteiger partial charge >= 0.3 is 0 Å². The Morgan fingerprint density at radius 1 is 0.561 bits per heavy atom. The Morgan fingerprint density at radius 2 is 0.976 bits per heavy atom. The number of aliphatic hydroxyl groups is 1. The van der Waals surface area contributed by atoms with Crippen molar-refractivity contribution in [1.82, 2.24) is 4.90 Å². The minimum absolute atomic E-state index is 0.0142. The van der Waals surface area contributed by atoms with Crippen LogP contribution in [-0.4, -0.2) is 36.3 Å². The summed E-state index contributed by atoms with van der Waals surface area (Å²) >= 11 is 3.37. The first-order valence-corrected chi connectivity index (χ1v) is 14.1. The molecule has 1 N–H and O–H groups in total.